The molecule has 0 fully saturated rings. The fourth-order valence-corrected chi connectivity index (χ4v) is 3.72. The van der Waals surface area contributed by atoms with Gasteiger partial charge in [0.05, 0.1) is 23.3 Å². The van der Waals surface area contributed by atoms with Crippen LogP contribution in [-0.4, -0.2) is 27.9 Å². The van der Waals surface area contributed by atoms with E-state index in [0.717, 1.165) is 12.2 Å². The number of carbonyl (C=O) groups is 1. The van der Waals surface area contributed by atoms with Crippen molar-refractivity contribution in [1.29, 1.82) is 0 Å². The predicted octanol–water partition coefficient (Wildman–Crippen LogP) is 4.46. The fourth-order valence-electron chi connectivity index (χ4n) is 2.85. The molecule has 0 radical (unpaired) electrons. The van der Waals surface area contributed by atoms with Crippen molar-refractivity contribution in [1.82, 2.24) is 9.55 Å². The number of nitrogens with zero attached hydrogens (tertiary/aromatic N) is 2. The molecule has 0 amide bonds. The van der Waals surface area contributed by atoms with Gasteiger partial charge in [-0.1, -0.05) is 30.8 Å². The molecular weight excluding hydrogens is 388 g/mol. The molecule has 6 nitrogen and oxygen atoms in total. The van der Waals surface area contributed by atoms with Crippen LogP contribution in [0.4, 0.5) is 0 Å². The number of ether oxygens (including phenoxy) is 2. The molecule has 7 heteroatoms. The maximum atomic E-state index is 13.0. The molecule has 0 spiro atoms. The lowest BCUT2D eigenvalue weighted by atomic mass is 10.2. The molecule has 1 aromatic heterocycles. The molecule has 0 unspecified atom stereocenters. The molecule has 0 bridgehead atoms. The number of hydrogen-bond donors (Lipinski definition) is 0. The van der Waals surface area contributed by atoms with Gasteiger partial charge >= 0.3 is 5.97 Å². The number of fused-ring (bicyclic) bond motifs is 1. The molecule has 2 aromatic carbocycles. The molecule has 1 heterocycles. The molecule has 29 heavy (non-hydrogen) atoms. The van der Waals surface area contributed by atoms with Gasteiger partial charge in [0, 0.05) is 6.04 Å². The topological polar surface area (TPSA) is 70.4 Å². The number of para-hydroxylation sites is 1. The molecule has 0 aliphatic rings. The van der Waals surface area contributed by atoms with Crippen molar-refractivity contribution in [3.63, 3.8) is 0 Å². The highest BCUT2D eigenvalue weighted by atomic mass is 32.2. The first kappa shape index (κ1) is 20.9. The number of carbonyl (C=O) groups excluding carboxylic acids is 1. The third-order valence-electron chi connectivity index (χ3n) is 4.49. The van der Waals surface area contributed by atoms with Crippen molar-refractivity contribution in [2.45, 2.75) is 38.4 Å². The van der Waals surface area contributed by atoms with Crippen LogP contribution < -0.4 is 15.0 Å². The fraction of sp³-hybridized carbons (Fsp3) is 0.318. The van der Waals surface area contributed by atoms with E-state index in [0.29, 0.717) is 28.4 Å². The lowest BCUT2D eigenvalue weighted by molar-refractivity contribution is -0.131. The van der Waals surface area contributed by atoms with Gasteiger partial charge in [0.15, 0.2) is 5.16 Å². The highest BCUT2D eigenvalue weighted by molar-refractivity contribution is 7.99. The van der Waals surface area contributed by atoms with Gasteiger partial charge in [-0.05, 0) is 56.7 Å². The average Bonchev–Trinajstić information content (AvgIpc) is 2.73. The van der Waals surface area contributed by atoms with Gasteiger partial charge in [0.1, 0.15) is 11.5 Å². The summed E-state index contributed by atoms with van der Waals surface area (Å²) in [6, 6.07) is 14.1. The van der Waals surface area contributed by atoms with Crippen molar-refractivity contribution >= 4 is 28.6 Å². The Morgan fingerprint density at radius 1 is 1.10 bits per heavy atom. The lowest BCUT2D eigenvalue weighted by Gasteiger charge is -2.18. The van der Waals surface area contributed by atoms with Crippen LogP contribution in [0.2, 0.25) is 0 Å². The van der Waals surface area contributed by atoms with E-state index >= 15 is 0 Å². The molecule has 152 valence electrons. The number of thioether (sulfide) groups is 1. The van der Waals surface area contributed by atoms with Crippen molar-refractivity contribution < 1.29 is 14.3 Å². The summed E-state index contributed by atoms with van der Waals surface area (Å²) in [5.41, 5.74) is 0.534. The monoisotopic (exact) mass is 412 g/mol. The molecule has 0 N–H and O–H groups in total. The summed E-state index contributed by atoms with van der Waals surface area (Å²) in [6.07, 6.45) is 0.782. The Labute approximate surface area is 173 Å². The zero-order chi connectivity index (χ0) is 20.8. The van der Waals surface area contributed by atoms with Crippen molar-refractivity contribution in [3.05, 3.63) is 58.9 Å². The summed E-state index contributed by atoms with van der Waals surface area (Å²) in [5, 5.41) is 1.10. The summed E-state index contributed by atoms with van der Waals surface area (Å²) >= 11 is 1.21. The molecule has 3 aromatic rings. The van der Waals surface area contributed by atoms with E-state index in [1.807, 2.05) is 32.9 Å². The highest BCUT2D eigenvalue weighted by Crippen LogP contribution is 2.23. The number of rotatable bonds is 8. The predicted molar refractivity (Wildman–Crippen MR) is 115 cm³/mol. The van der Waals surface area contributed by atoms with Crippen LogP contribution in [0.15, 0.2) is 58.5 Å². The van der Waals surface area contributed by atoms with E-state index in [1.165, 1.54) is 11.8 Å². The number of benzene rings is 2. The first-order valence-corrected chi connectivity index (χ1v) is 10.6. The number of aromatic nitrogens is 2. The lowest BCUT2D eigenvalue weighted by Crippen LogP contribution is -2.26. The second-order valence-corrected chi connectivity index (χ2v) is 7.45. The normalized spacial score (nSPS) is 12.0. The molecule has 0 aliphatic carbocycles. The Morgan fingerprint density at radius 2 is 1.79 bits per heavy atom. The van der Waals surface area contributed by atoms with Gasteiger partial charge < -0.3 is 9.47 Å². The smallest absolute Gasteiger partial charge is 0.321 e. The minimum Gasteiger partial charge on any atom is -0.494 e. The second-order valence-electron chi connectivity index (χ2n) is 6.51. The molecule has 0 aliphatic heterocycles. The van der Waals surface area contributed by atoms with Crippen LogP contribution in [0, 0.1) is 0 Å². The van der Waals surface area contributed by atoms with E-state index < -0.39 is 5.97 Å². The summed E-state index contributed by atoms with van der Waals surface area (Å²) in [5.74, 6) is 0.816. The summed E-state index contributed by atoms with van der Waals surface area (Å²) < 4.78 is 12.4. The molecule has 0 saturated carbocycles. The van der Waals surface area contributed by atoms with Crippen LogP contribution in [0.1, 0.15) is 33.2 Å². The van der Waals surface area contributed by atoms with Gasteiger partial charge in [0.25, 0.3) is 5.56 Å². The van der Waals surface area contributed by atoms with E-state index in [4.69, 9.17) is 9.47 Å². The Bertz CT molecular complexity index is 1050. The first-order valence-electron chi connectivity index (χ1n) is 9.61. The van der Waals surface area contributed by atoms with Crippen LogP contribution in [0.25, 0.3) is 10.9 Å². The molecule has 1 atom stereocenters. The summed E-state index contributed by atoms with van der Waals surface area (Å²) in [4.78, 5) is 29.9. The highest BCUT2D eigenvalue weighted by Gasteiger charge is 2.17. The van der Waals surface area contributed by atoms with Gasteiger partial charge in [-0.25, -0.2) is 4.98 Å². The van der Waals surface area contributed by atoms with Gasteiger partial charge in [-0.3, -0.25) is 14.2 Å². The summed E-state index contributed by atoms with van der Waals surface area (Å²) in [6.45, 7) is 6.47. The van der Waals surface area contributed by atoms with Crippen molar-refractivity contribution in [2.24, 2.45) is 0 Å². The Balaban J connectivity index is 1.77. The Kier molecular flexibility index (Phi) is 6.93. The minimum absolute atomic E-state index is 0.0239. The number of hydrogen-bond acceptors (Lipinski definition) is 6. The minimum atomic E-state index is -0.405. The maximum Gasteiger partial charge on any atom is 0.321 e. The third kappa shape index (κ3) is 4.98. The Morgan fingerprint density at radius 3 is 2.48 bits per heavy atom. The molecule has 0 saturated heterocycles. The largest absolute Gasteiger partial charge is 0.494 e. The van der Waals surface area contributed by atoms with E-state index in [1.54, 1.807) is 41.0 Å². The van der Waals surface area contributed by atoms with Crippen LogP contribution >= 0.6 is 11.8 Å². The third-order valence-corrected chi connectivity index (χ3v) is 5.42. The maximum absolute atomic E-state index is 13.0. The quantitative estimate of drug-likeness (QED) is 0.235. The van der Waals surface area contributed by atoms with Gasteiger partial charge in [-0.2, -0.15) is 0 Å². The molecule has 3 rings (SSSR count). The zero-order valence-corrected chi connectivity index (χ0v) is 17.6. The standard InChI is InChI=1S/C22H24N2O4S/c1-4-15(3)24-21(26)18-8-6-7-9-19(18)23-22(24)29-14-20(25)28-17-12-10-16(11-13-17)27-5-2/h6-13,15H,4-5,14H2,1-3H3/t15-/m1/s1. The van der Waals surface area contributed by atoms with E-state index in [2.05, 4.69) is 4.98 Å². The van der Waals surface area contributed by atoms with Crippen molar-refractivity contribution in [2.75, 3.05) is 12.4 Å². The Hall–Kier alpha value is -2.80. The van der Waals surface area contributed by atoms with E-state index in [9.17, 15) is 9.59 Å². The van der Waals surface area contributed by atoms with Gasteiger partial charge in [-0.15, -0.1) is 0 Å². The number of esters is 1. The second kappa shape index (κ2) is 9.60. The zero-order valence-electron chi connectivity index (χ0n) is 16.8. The van der Waals surface area contributed by atoms with E-state index in [-0.39, 0.29) is 17.4 Å². The van der Waals surface area contributed by atoms with Gasteiger partial charge in [0.2, 0.25) is 0 Å². The SMILES string of the molecule is CCOc1ccc(OC(=O)CSc2nc3ccccc3c(=O)n2[C@H](C)CC)cc1. The van der Waals surface area contributed by atoms with Crippen LogP contribution in [-0.2, 0) is 4.79 Å². The summed E-state index contributed by atoms with van der Waals surface area (Å²) in [7, 11) is 0. The van der Waals surface area contributed by atoms with Crippen LogP contribution in [0.5, 0.6) is 11.5 Å². The van der Waals surface area contributed by atoms with Crippen molar-refractivity contribution in [3.8, 4) is 11.5 Å². The first-order chi connectivity index (χ1) is 14.0. The van der Waals surface area contributed by atoms with Crippen LogP contribution in [0.3, 0.4) is 0 Å². The molecular formula is C22H24N2O4S. The average molecular weight is 413 g/mol.